The zero-order valence-corrected chi connectivity index (χ0v) is 8.45. The molecule has 0 saturated carbocycles. The summed E-state index contributed by atoms with van der Waals surface area (Å²) in [6, 6.07) is 0. The highest BCUT2D eigenvalue weighted by molar-refractivity contribution is 4.67. The van der Waals surface area contributed by atoms with Gasteiger partial charge >= 0.3 is 0 Å². The molecule has 0 amide bonds. The van der Waals surface area contributed by atoms with Crippen LogP contribution in [0.4, 0.5) is 0 Å². The zero-order valence-electron chi connectivity index (χ0n) is 8.45. The van der Waals surface area contributed by atoms with Gasteiger partial charge in [0, 0.05) is 12.5 Å². The van der Waals surface area contributed by atoms with E-state index in [-0.39, 0.29) is 18.6 Å². The number of hydrogen-bond donors (Lipinski definition) is 2. The molecule has 0 heterocycles. The highest BCUT2D eigenvalue weighted by Gasteiger charge is 2.16. The SMILES string of the molecule is CCC(O)C(CO)CCC(C)C. The summed E-state index contributed by atoms with van der Waals surface area (Å²) in [4.78, 5) is 0. The monoisotopic (exact) mass is 174 g/mol. The summed E-state index contributed by atoms with van der Waals surface area (Å²) < 4.78 is 0. The second-order valence-electron chi connectivity index (χ2n) is 3.89. The molecule has 0 aliphatic rings. The molecule has 12 heavy (non-hydrogen) atoms. The first-order chi connectivity index (χ1) is 5.61. The molecule has 0 rings (SSSR count). The Bertz CT molecular complexity index is 102. The number of hydrogen-bond acceptors (Lipinski definition) is 2. The molecular weight excluding hydrogens is 152 g/mol. The van der Waals surface area contributed by atoms with Crippen molar-refractivity contribution < 1.29 is 10.2 Å². The van der Waals surface area contributed by atoms with Crippen LogP contribution in [0.25, 0.3) is 0 Å². The second-order valence-corrected chi connectivity index (χ2v) is 3.89. The van der Waals surface area contributed by atoms with E-state index in [1.54, 1.807) is 0 Å². The first kappa shape index (κ1) is 11.9. The van der Waals surface area contributed by atoms with E-state index in [4.69, 9.17) is 5.11 Å². The minimum atomic E-state index is -0.325. The van der Waals surface area contributed by atoms with E-state index in [2.05, 4.69) is 13.8 Å². The van der Waals surface area contributed by atoms with E-state index in [0.29, 0.717) is 5.92 Å². The first-order valence-corrected chi connectivity index (χ1v) is 4.90. The largest absolute Gasteiger partial charge is 0.396 e. The Balaban J connectivity index is 3.67. The van der Waals surface area contributed by atoms with Crippen molar-refractivity contribution >= 4 is 0 Å². The Morgan fingerprint density at radius 1 is 1.17 bits per heavy atom. The van der Waals surface area contributed by atoms with Crippen LogP contribution in [0.5, 0.6) is 0 Å². The minimum absolute atomic E-state index is 0.0809. The van der Waals surface area contributed by atoms with Gasteiger partial charge in [0.2, 0.25) is 0 Å². The lowest BCUT2D eigenvalue weighted by Gasteiger charge is -2.20. The van der Waals surface area contributed by atoms with Crippen molar-refractivity contribution in [2.75, 3.05) is 6.61 Å². The molecule has 2 atom stereocenters. The molecule has 0 aromatic heterocycles. The highest BCUT2D eigenvalue weighted by atomic mass is 16.3. The van der Waals surface area contributed by atoms with Crippen LogP contribution < -0.4 is 0 Å². The zero-order chi connectivity index (χ0) is 9.56. The Labute approximate surface area is 75.6 Å². The number of rotatable bonds is 6. The van der Waals surface area contributed by atoms with Crippen molar-refractivity contribution in [3.8, 4) is 0 Å². The van der Waals surface area contributed by atoms with E-state index in [1.807, 2.05) is 6.92 Å². The average molecular weight is 174 g/mol. The van der Waals surface area contributed by atoms with Crippen LogP contribution in [-0.4, -0.2) is 22.9 Å². The van der Waals surface area contributed by atoms with Crippen LogP contribution >= 0.6 is 0 Å². The maximum absolute atomic E-state index is 9.47. The van der Waals surface area contributed by atoms with Crippen molar-refractivity contribution in [1.29, 1.82) is 0 Å². The van der Waals surface area contributed by atoms with Crippen molar-refractivity contribution in [2.45, 2.75) is 46.1 Å². The van der Waals surface area contributed by atoms with Crippen LogP contribution in [0.15, 0.2) is 0 Å². The molecule has 0 aromatic rings. The molecule has 2 nitrogen and oxygen atoms in total. The normalized spacial score (nSPS) is 16.5. The molecule has 0 saturated heterocycles. The molecule has 0 radical (unpaired) electrons. The standard InChI is InChI=1S/C10H22O2/c1-4-10(12)9(7-11)6-5-8(2)3/h8-12H,4-7H2,1-3H3. The Morgan fingerprint density at radius 3 is 2.08 bits per heavy atom. The Hall–Kier alpha value is -0.0800. The number of aliphatic hydroxyl groups excluding tert-OH is 2. The third-order valence-corrected chi connectivity index (χ3v) is 2.31. The van der Waals surface area contributed by atoms with Gasteiger partial charge in [0.1, 0.15) is 0 Å². The molecule has 0 aromatic carbocycles. The maximum Gasteiger partial charge on any atom is 0.0587 e. The van der Waals surface area contributed by atoms with Gasteiger partial charge in [0.05, 0.1) is 6.10 Å². The average Bonchev–Trinajstić information content (AvgIpc) is 2.04. The third kappa shape index (κ3) is 4.73. The van der Waals surface area contributed by atoms with Gasteiger partial charge in [-0.25, -0.2) is 0 Å². The predicted octanol–water partition coefficient (Wildman–Crippen LogP) is 1.80. The summed E-state index contributed by atoms with van der Waals surface area (Å²) >= 11 is 0. The lowest BCUT2D eigenvalue weighted by Crippen LogP contribution is -2.23. The molecule has 0 aliphatic heterocycles. The molecule has 0 aliphatic carbocycles. The fraction of sp³-hybridized carbons (Fsp3) is 1.00. The Kier molecular flexibility index (Phi) is 6.39. The summed E-state index contributed by atoms with van der Waals surface area (Å²) in [7, 11) is 0. The van der Waals surface area contributed by atoms with Crippen LogP contribution in [-0.2, 0) is 0 Å². The van der Waals surface area contributed by atoms with Gasteiger partial charge in [0.15, 0.2) is 0 Å². The van der Waals surface area contributed by atoms with Gasteiger partial charge in [-0.15, -0.1) is 0 Å². The van der Waals surface area contributed by atoms with Gasteiger partial charge in [-0.3, -0.25) is 0 Å². The van der Waals surface area contributed by atoms with Crippen molar-refractivity contribution in [3.63, 3.8) is 0 Å². The molecule has 2 heteroatoms. The highest BCUT2D eigenvalue weighted by Crippen LogP contribution is 2.16. The third-order valence-electron chi connectivity index (χ3n) is 2.31. The number of aliphatic hydroxyl groups is 2. The lowest BCUT2D eigenvalue weighted by molar-refractivity contribution is 0.0568. The second kappa shape index (κ2) is 6.44. The van der Waals surface area contributed by atoms with Crippen molar-refractivity contribution in [3.05, 3.63) is 0 Å². The van der Waals surface area contributed by atoms with Gasteiger partial charge in [-0.1, -0.05) is 27.2 Å². The van der Waals surface area contributed by atoms with E-state index in [1.165, 1.54) is 0 Å². The molecule has 0 spiro atoms. The van der Waals surface area contributed by atoms with Gasteiger partial charge in [0.25, 0.3) is 0 Å². The molecule has 74 valence electrons. The van der Waals surface area contributed by atoms with Crippen LogP contribution in [0.3, 0.4) is 0 Å². The van der Waals surface area contributed by atoms with Gasteiger partial charge in [-0.05, 0) is 18.8 Å². The van der Waals surface area contributed by atoms with Crippen molar-refractivity contribution in [1.82, 2.24) is 0 Å². The van der Waals surface area contributed by atoms with Crippen molar-refractivity contribution in [2.24, 2.45) is 11.8 Å². The summed E-state index contributed by atoms with van der Waals surface area (Å²) in [6.07, 6.45) is 2.43. The van der Waals surface area contributed by atoms with E-state index in [0.717, 1.165) is 19.3 Å². The Morgan fingerprint density at radius 2 is 1.75 bits per heavy atom. The molecule has 2 N–H and O–H groups in total. The van der Waals surface area contributed by atoms with Gasteiger partial charge in [-0.2, -0.15) is 0 Å². The van der Waals surface area contributed by atoms with Crippen LogP contribution in [0.1, 0.15) is 40.0 Å². The topological polar surface area (TPSA) is 40.5 Å². The maximum atomic E-state index is 9.47. The predicted molar refractivity (Wildman–Crippen MR) is 50.9 cm³/mol. The van der Waals surface area contributed by atoms with E-state index < -0.39 is 0 Å². The quantitative estimate of drug-likeness (QED) is 0.644. The fourth-order valence-electron chi connectivity index (χ4n) is 1.29. The van der Waals surface area contributed by atoms with Gasteiger partial charge < -0.3 is 10.2 Å². The van der Waals surface area contributed by atoms with Crippen LogP contribution in [0.2, 0.25) is 0 Å². The summed E-state index contributed by atoms with van der Waals surface area (Å²) in [5, 5.41) is 18.5. The molecule has 0 fully saturated rings. The first-order valence-electron chi connectivity index (χ1n) is 4.90. The van der Waals surface area contributed by atoms with E-state index in [9.17, 15) is 5.11 Å². The minimum Gasteiger partial charge on any atom is -0.396 e. The summed E-state index contributed by atoms with van der Waals surface area (Å²) in [5.41, 5.74) is 0. The molecule has 0 bridgehead atoms. The lowest BCUT2D eigenvalue weighted by atomic mass is 9.93. The summed E-state index contributed by atoms with van der Waals surface area (Å²) in [5.74, 6) is 0.737. The van der Waals surface area contributed by atoms with Crippen LogP contribution in [0, 0.1) is 11.8 Å². The smallest absolute Gasteiger partial charge is 0.0587 e. The molecular formula is C10H22O2. The molecule has 2 unspecified atom stereocenters. The van der Waals surface area contributed by atoms with E-state index >= 15 is 0 Å². The fourth-order valence-corrected chi connectivity index (χ4v) is 1.29. The summed E-state index contributed by atoms with van der Waals surface area (Å²) in [6.45, 7) is 6.38.